The molecule has 0 unspecified atom stereocenters. The normalized spacial score (nSPS) is 11.4. The minimum atomic E-state index is -2.84. The fourth-order valence-electron chi connectivity index (χ4n) is 2.85. The average Bonchev–Trinajstić information content (AvgIpc) is 3.07. The van der Waals surface area contributed by atoms with Crippen LogP contribution in [0, 0.1) is 0 Å². The Morgan fingerprint density at radius 2 is 1.89 bits per heavy atom. The van der Waals surface area contributed by atoms with Gasteiger partial charge in [0.25, 0.3) is 0 Å². The number of hydrogen-bond acceptors (Lipinski definition) is 5. The number of halogens is 2. The number of nitrogens with zero attached hydrogens (tertiary/aromatic N) is 3. The van der Waals surface area contributed by atoms with Crippen molar-refractivity contribution < 1.29 is 18.3 Å². The van der Waals surface area contributed by atoms with E-state index in [2.05, 4.69) is 9.72 Å². The molecule has 0 bridgehead atoms. The summed E-state index contributed by atoms with van der Waals surface area (Å²) in [6.07, 6.45) is 0. The topological polar surface area (TPSA) is 45.7 Å². The third-order valence-electron chi connectivity index (χ3n) is 4.14. The van der Waals surface area contributed by atoms with Crippen LogP contribution in [0.25, 0.3) is 10.2 Å². The molecule has 28 heavy (non-hydrogen) atoms. The number of benzene rings is 2. The van der Waals surface area contributed by atoms with Crippen LogP contribution in [0.1, 0.15) is 12.5 Å². The maximum atomic E-state index is 12.8. The van der Waals surface area contributed by atoms with Gasteiger partial charge in [-0.2, -0.15) is 8.78 Å². The Morgan fingerprint density at radius 1 is 1.18 bits per heavy atom. The van der Waals surface area contributed by atoms with Gasteiger partial charge in [-0.05, 0) is 43.8 Å². The van der Waals surface area contributed by atoms with Crippen molar-refractivity contribution >= 4 is 32.6 Å². The van der Waals surface area contributed by atoms with Gasteiger partial charge in [0, 0.05) is 13.1 Å². The van der Waals surface area contributed by atoms with Crippen molar-refractivity contribution in [2.75, 3.05) is 25.0 Å². The zero-order valence-corrected chi connectivity index (χ0v) is 16.5. The van der Waals surface area contributed by atoms with Gasteiger partial charge in [0.05, 0.1) is 16.8 Å². The molecule has 0 aliphatic heterocycles. The summed E-state index contributed by atoms with van der Waals surface area (Å²) >= 11 is 1.50. The molecule has 8 heteroatoms. The second-order valence-corrected chi connectivity index (χ2v) is 7.31. The largest absolute Gasteiger partial charge is 0.435 e. The van der Waals surface area contributed by atoms with E-state index in [1.54, 1.807) is 17.0 Å². The summed E-state index contributed by atoms with van der Waals surface area (Å²) in [7, 11) is 1.84. The number of alkyl halides is 2. The van der Waals surface area contributed by atoms with Crippen molar-refractivity contribution in [1.82, 2.24) is 9.88 Å². The minimum absolute atomic E-state index is 0.0401. The number of likely N-dealkylation sites (N-methyl/N-ethyl adjacent to an activating group) is 2. The van der Waals surface area contributed by atoms with E-state index in [1.165, 1.54) is 23.5 Å². The zero-order chi connectivity index (χ0) is 20.1. The molecule has 0 spiro atoms. The Morgan fingerprint density at radius 3 is 2.54 bits per heavy atom. The van der Waals surface area contributed by atoms with Gasteiger partial charge < -0.3 is 4.74 Å². The van der Waals surface area contributed by atoms with Crippen molar-refractivity contribution in [2.45, 2.75) is 20.1 Å². The van der Waals surface area contributed by atoms with Gasteiger partial charge in [0.1, 0.15) is 5.75 Å². The van der Waals surface area contributed by atoms with Crippen molar-refractivity contribution in [3.63, 3.8) is 0 Å². The molecule has 0 radical (unpaired) electrons. The Labute approximate surface area is 166 Å². The first-order valence-corrected chi connectivity index (χ1v) is 9.66. The van der Waals surface area contributed by atoms with E-state index in [4.69, 9.17) is 0 Å². The molecule has 3 rings (SSSR count). The summed E-state index contributed by atoms with van der Waals surface area (Å²) in [5, 5.41) is 0.690. The van der Waals surface area contributed by atoms with Crippen molar-refractivity contribution in [3.8, 4) is 5.75 Å². The van der Waals surface area contributed by atoms with E-state index in [-0.39, 0.29) is 18.2 Å². The van der Waals surface area contributed by atoms with Crippen molar-refractivity contribution in [2.24, 2.45) is 0 Å². The van der Waals surface area contributed by atoms with Crippen LogP contribution in [0.5, 0.6) is 5.75 Å². The zero-order valence-electron chi connectivity index (χ0n) is 15.6. The van der Waals surface area contributed by atoms with Crippen LogP contribution in [0.2, 0.25) is 0 Å². The van der Waals surface area contributed by atoms with Crippen LogP contribution in [-0.4, -0.2) is 42.5 Å². The van der Waals surface area contributed by atoms with Gasteiger partial charge in [-0.3, -0.25) is 14.6 Å². The number of amides is 1. The summed E-state index contributed by atoms with van der Waals surface area (Å²) in [5.74, 6) is 0.0761. The number of para-hydroxylation sites is 1. The molecule has 0 N–H and O–H groups in total. The number of aromatic nitrogens is 1. The average molecular weight is 405 g/mol. The van der Waals surface area contributed by atoms with Gasteiger partial charge in [-0.1, -0.05) is 35.6 Å². The first kappa shape index (κ1) is 20.2. The molecule has 2 aromatic carbocycles. The first-order valence-electron chi connectivity index (χ1n) is 8.84. The van der Waals surface area contributed by atoms with E-state index in [0.29, 0.717) is 18.2 Å². The van der Waals surface area contributed by atoms with E-state index < -0.39 is 6.61 Å². The molecular formula is C20H21F2N3O2S. The Balaban J connectivity index is 1.62. The second-order valence-electron chi connectivity index (χ2n) is 6.30. The number of thiazole rings is 1. The van der Waals surface area contributed by atoms with Crippen molar-refractivity contribution in [1.29, 1.82) is 0 Å². The smallest absolute Gasteiger partial charge is 0.387 e. The van der Waals surface area contributed by atoms with Gasteiger partial charge in [0.15, 0.2) is 5.13 Å². The van der Waals surface area contributed by atoms with Crippen molar-refractivity contribution in [3.05, 3.63) is 54.1 Å². The van der Waals surface area contributed by atoms with Crippen LogP contribution in [0.3, 0.4) is 0 Å². The minimum Gasteiger partial charge on any atom is -0.435 e. The lowest BCUT2D eigenvalue weighted by molar-refractivity contribution is -0.119. The predicted octanol–water partition coefficient (Wildman–Crippen LogP) is 4.38. The molecule has 0 atom stereocenters. The maximum absolute atomic E-state index is 12.8. The van der Waals surface area contributed by atoms with Crippen LogP contribution in [-0.2, 0) is 11.3 Å². The molecule has 3 aromatic rings. The summed E-state index contributed by atoms with van der Waals surface area (Å²) < 4.78 is 29.8. The van der Waals surface area contributed by atoms with E-state index in [9.17, 15) is 13.6 Å². The number of hydrogen-bond donors (Lipinski definition) is 0. The lowest BCUT2D eigenvalue weighted by Crippen LogP contribution is -2.38. The van der Waals surface area contributed by atoms with Crippen LogP contribution in [0.15, 0.2) is 48.5 Å². The van der Waals surface area contributed by atoms with Gasteiger partial charge in [-0.25, -0.2) is 4.98 Å². The Bertz CT molecular complexity index is 898. The standard InChI is InChI=1S/C20H21F2N3O2S/c1-3-25(20-23-16-6-4-5-7-17(16)28-20)18(26)13-24(2)12-14-8-10-15(11-9-14)27-19(21)22/h4-11,19H,3,12-13H2,1-2H3. The quantitative estimate of drug-likeness (QED) is 0.558. The van der Waals surface area contributed by atoms with Crippen LogP contribution < -0.4 is 9.64 Å². The number of carbonyl (C=O) groups is 1. The van der Waals surface area contributed by atoms with Gasteiger partial charge in [0.2, 0.25) is 5.91 Å². The molecule has 148 valence electrons. The fraction of sp³-hybridized carbons (Fsp3) is 0.300. The third kappa shape index (κ3) is 5.02. The summed E-state index contributed by atoms with van der Waals surface area (Å²) in [5.41, 5.74) is 1.79. The first-order chi connectivity index (χ1) is 13.5. The predicted molar refractivity (Wildman–Crippen MR) is 107 cm³/mol. The third-order valence-corrected chi connectivity index (χ3v) is 5.20. The molecule has 5 nitrogen and oxygen atoms in total. The molecule has 0 fully saturated rings. The van der Waals surface area contributed by atoms with E-state index in [0.717, 1.165) is 15.8 Å². The molecule has 0 aliphatic rings. The number of anilines is 1. The molecular weight excluding hydrogens is 384 g/mol. The van der Waals surface area contributed by atoms with Gasteiger partial charge >= 0.3 is 6.61 Å². The molecule has 1 amide bonds. The highest BCUT2D eigenvalue weighted by Gasteiger charge is 2.19. The second kappa shape index (κ2) is 9.07. The summed E-state index contributed by atoms with van der Waals surface area (Å²) in [6, 6.07) is 14.2. The fourth-order valence-corrected chi connectivity index (χ4v) is 3.90. The Kier molecular flexibility index (Phi) is 6.53. The lowest BCUT2D eigenvalue weighted by Gasteiger charge is -2.22. The summed E-state index contributed by atoms with van der Waals surface area (Å²) in [6.45, 7) is 0.350. The Hall–Kier alpha value is -2.58. The highest BCUT2D eigenvalue weighted by molar-refractivity contribution is 7.22. The highest BCUT2D eigenvalue weighted by Crippen LogP contribution is 2.28. The molecule has 0 saturated heterocycles. The molecule has 1 heterocycles. The van der Waals surface area contributed by atoms with Gasteiger partial charge in [-0.15, -0.1) is 0 Å². The number of fused-ring (bicyclic) bond motifs is 1. The van der Waals surface area contributed by atoms with Crippen LogP contribution in [0.4, 0.5) is 13.9 Å². The monoisotopic (exact) mass is 405 g/mol. The van der Waals surface area contributed by atoms with E-state index in [1.807, 2.05) is 43.1 Å². The number of ether oxygens (including phenoxy) is 1. The lowest BCUT2D eigenvalue weighted by atomic mass is 10.2. The SMILES string of the molecule is CCN(C(=O)CN(C)Cc1ccc(OC(F)F)cc1)c1nc2ccccc2s1. The van der Waals surface area contributed by atoms with E-state index >= 15 is 0 Å². The molecule has 1 aromatic heterocycles. The molecule has 0 saturated carbocycles. The summed E-state index contributed by atoms with van der Waals surface area (Å²) in [4.78, 5) is 20.9. The molecule has 0 aliphatic carbocycles. The highest BCUT2D eigenvalue weighted by atomic mass is 32.1. The number of carbonyl (C=O) groups excluding carboxylic acids is 1. The maximum Gasteiger partial charge on any atom is 0.387 e. The number of rotatable bonds is 8. The van der Waals surface area contributed by atoms with Crippen LogP contribution >= 0.6 is 11.3 Å².